The predicted molar refractivity (Wildman–Crippen MR) is 94.7 cm³/mol. The van der Waals surface area contributed by atoms with Gasteiger partial charge in [0, 0.05) is 5.56 Å². The van der Waals surface area contributed by atoms with Crippen LogP contribution in [-0.2, 0) is 4.79 Å². The number of methoxy groups -OCH3 is 3. The molecule has 0 heterocycles. The summed E-state index contributed by atoms with van der Waals surface area (Å²) >= 11 is 0. The highest BCUT2D eigenvalue weighted by atomic mass is 19.1. The quantitative estimate of drug-likeness (QED) is 0.634. The SMILES string of the molecule is COc1ccc(C=C(C#N)C(=O)Nc2ccccc2F)c(OC)c1OC. The largest absolute Gasteiger partial charge is 0.493 e. The Morgan fingerprint density at radius 1 is 1.08 bits per heavy atom. The van der Waals surface area contributed by atoms with Crippen LogP contribution in [0.15, 0.2) is 42.0 Å². The van der Waals surface area contributed by atoms with Gasteiger partial charge in [0.2, 0.25) is 5.75 Å². The molecule has 6 nitrogen and oxygen atoms in total. The number of nitrogens with one attached hydrogen (secondary N) is 1. The normalized spacial score (nSPS) is 10.7. The van der Waals surface area contributed by atoms with Gasteiger partial charge in [-0.2, -0.15) is 5.26 Å². The van der Waals surface area contributed by atoms with E-state index in [9.17, 15) is 14.4 Å². The molecule has 0 spiro atoms. The number of carbonyl (C=O) groups excluding carboxylic acids is 1. The van der Waals surface area contributed by atoms with Crippen molar-refractivity contribution < 1.29 is 23.4 Å². The number of nitriles is 1. The molecule has 0 aliphatic heterocycles. The number of anilines is 1. The van der Waals surface area contributed by atoms with E-state index in [-0.39, 0.29) is 11.3 Å². The van der Waals surface area contributed by atoms with E-state index in [4.69, 9.17) is 14.2 Å². The molecule has 0 unspecified atom stereocenters. The number of hydrogen-bond acceptors (Lipinski definition) is 5. The van der Waals surface area contributed by atoms with Crippen LogP contribution in [0.3, 0.4) is 0 Å². The summed E-state index contributed by atoms with van der Waals surface area (Å²) in [5.41, 5.74) is 0.196. The molecule has 2 aromatic carbocycles. The van der Waals surface area contributed by atoms with Crippen molar-refractivity contribution in [2.45, 2.75) is 0 Å². The molecular formula is C19H17FN2O4. The van der Waals surface area contributed by atoms with Gasteiger partial charge in [0.15, 0.2) is 11.5 Å². The molecular weight excluding hydrogens is 339 g/mol. The monoisotopic (exact) mass is 356 g/mol. The maximum Gasteiger partial charge on any atom is 0.266 e. The van der Waals surface area contributed by atoms with Gasteiger partial charge in [-0.25, -0.2) is 4.39 Å². The molecule has 7 heteroatoms. The summed E-state index contributed by atoms with van der Waals surface area (Å²) in [7, 11) is 4.36. The molecule has 0 aliphatic rings. The number of ether oxygens (including phenoxy) is 3. The van der Waals surface area contributed by atoms with Crippen LogP contribution in [0.2, 0.25) is 0 Å². The molecule has 0 aromatic heterocycles. The van der Waals surface area contributed by atoms with E-state index in [1.165, 1.54) is 45.6 Å². The highest BCUT2D eigenvalue weighted by molar-refractivity contribution is 6.10. The van der Waals surface area contributed by atoms with Crippen molar-refractivity contribution in [1.82, 2.24) is 0 Å². The van der Waals surface area contributed by atoms with Gasteiger partial charge in [-0.3, -0.25) is 4.79 Å². The first-order valence-corrected chi connectivity index (χ1v) is 7.52. The molecule has 0 bridgehead atoms. The summed E-state index contributed by atoms with van der Waals surface area (Å²) in [4.78, 5) is 12.3. The topological polar surface area (TPSA) is 80.6 Å². The standard InChI is InChI=1S/C19H17FN2O4/c1-24-16-9-8-12(17(25-2)18(16)26-3)10-13(11-21)19(23)22-15-7-5-4-6-14(15)20/h4-10H,1-3H3,(H,22,23). The van der Waals surface area contributed by atoms with Crippen molar-refractivity contribution >= 4 is 17.7 Å². The third kappa shape index (κ3) is 3.92. The second-order valence-corrected chi connectivity index (χ2v) is 5.03. The minimum absolute atomic E-state index is 0.0158. The molecule has 0 aliphatic carbocycles. The molecule has 1 amide bonds. The smallest absolute Gasteiger partial charge is 0.266 e. The van der Waals surface area contributed by atoms with Crippen LogP contribution in [-0.4, -0.2) is 27.2 Å². The Morgan fingerprint density at radius 3 is 2.35 bits per heavy atom. The molecule has 0 atom stereocenters. The lowest BCUT2D eigenvalue weighted by Crippen LogP contribution is -2.14. The Balaban J connectivity index is 2.41. The molecule has 0 radical (unpaired) electrons. The highest BCUT2D eigenvalue weighted by Crippen LogP contribution is 2.40. The zero-order valence-corrected chi connectivity index (χ0v) is 14.5. The minimum atomic E-state index is -0.741. The van der Waals surface area contributed by atoms with Crippen LogP contribution >= 0.6 is 0 Å². The van der Waals surface area contributed by atoms with Crippen molar-refractivity contribution in [1.29, 1.82) is 5.26 Å². The third-order valence-electron chi connectivity index (χ3n) is 3.52. The zero-order valence-electron chi connectivity index (χ0n) is 14.5. The fourth-order valence-electron chi connectivity index (χ4n) is 2.29. The maximum absolute atomic E-state index is 13.7. The second kappa shape index (κ2) is 8.53. The Morgan fingerprint density at radius 2 is 1.77 bits per heavy atom. The van der Waals surface area contributed by atoms with Crippen LogP contribution in [0, 0.1) is 17.1 Å². The highest BCUT2D eigenvalue weighted by Gasteiger charge is 2.17. The summed E-state index contributed by atoms with van der Waals surface area (Å²) < 4.78 is 29.5. The summed E-state index contributed by atoms with van der Waals surface area (Å²) in [6, 6.07) is 10.7. The Kier molecular flexibility index (Phi) is 6.17. The van der Waals surface area contributed by atoms with Crippen LogP contribution in [0.1, 0.15) is 5.56 Å². The molecule has 0 fully saturated rings. The number of halogens is 1. The van der Waals surface area contributed by atoms with Gasteiger partial charge < -0.3 is 19.5 Å². The fraction of sp³-hybridized carbons (Fsp3) is 0.158. The number of nitrogens with zero attached hydrogens (tertiary/aromatic N) is 1. The lowest BCUT2D eigenvalue weighted by Gasteiger charge is -2.14. The van der Waals surface area contributed by atoms with Crippen molar-refractivity contribution in [2.75, 3.05) is 26.6 Å². The number of carbonyl (C=O) groups is 1. The van der Waals surface area contributed by atoms with E-state index >= 15 is 0 Å². The van der Waals surface area contributed by atoms with Gasteiger partial charge >= 0.3 is 0 Å². The third-order valence-corrected chi connectivity index (χ3v) is 3.52. The van der Waals surface area contributed by atoms with Crippen LogP contribution in [0.25, 0.3) is 6.08 Å². The van der Waals surface area contributed by atoms with E-state index in [2.05, 4.69) is 5.32 Å². The van der Waals surface area contributed by atoms with E-state index in [0.29, 0.717) is 22.8 Å². The van der Waals surface area contributed by atoms with Gasteiger partial charge in [0.1, 0.15) is 17.5 Å². The average Bonchev–Trinajstić information content (AvgIpc) is 2.66. The molecule has 2 aromatic rings. The van der Waals surface area contributed by atoms with Crippen LogP contribution in [0.4, 0.5) is 10.1 Å². The van der Waals surface area contributed by atoms with Gasteiger partial charge in [-0.05, 0) is 30.3 Å². The van der Waals surface area contributed by atoms with Crippen LogP contribution in [0.5, 0.6) is 17.2 Å². The summed E-state index contributed by atoms with van der Waals surface area (Å²) in [6.45, 7) is 0. The predicted octanol–water partition coefficient (Wildman–Crippen LogP) is 3.40. The number of benzene rings is 2. The van der Waals surface area contributed by atoms with Crippen molar-refractivity contribution in [3.63, 3.8) is 0 Å². The molecule has 2 rings (SSSR count). The lowest BCUT2D eigenvalue weighted by molar-refractivity contribution is -0.112. The van der Waals surface area contributed by atoms with Gasteiger partial charge in [-0.1, -0.05) is 12.1 Å². The van der Waals surface area contributed by atoms with Crippen molar-refractivity contribution in [3.8, 4) is 23.3 Å². The first-order valence-electron chi connectivity index (χ1n) is 7.52. The Bertz CT molecular complexity index is 888. The van der Waals surface area contributed by atoms with E-state index < -0.39 is 11.7 Å². The first-order chi connectivity index (χ1) is 12.5. The fourth-order valence-corrected chi connectivity index (χ4v) is 2.29. The van der Waals surface area contributed by atoms with Crippen molar-refractivity contribution in [2.24, 2.45) is 0 Å². The van der Waals surface area contributed by atoms with E-state index in [1.54, 1.807) is 24.3 Å². The Hall–Kier alpha value is -3.53. The number of amides is 1. The molecule has 134 valence electrons. The first kappa shape index (κ1) is 18.8. The summed E-state index contributed by atoms with van der Waals surface area (Å²) in [5, 5.41) is 11.7. The Labute approximate surface area is 150 Å². The number of para-hydroxylation sites is 1. The van der Waals surface area contributed by atoms with E-state index in [1.807, 2.05) is 0 Å². The second-order valence-electron chi connectivity index (χ2n) is 5.03. The van der Waals surface area contributed by atoms with Gasteiger partial charge in [0.25, 0.3) is 5.91 Å². The zero-order chi connectivity index (χ0) is 19.1. The summed E-state index contributed by atoms with van der Waals surface area (Å²) in [5.74, 6) is -0.263. The average molecular weight is 356 g/mol. The number of hydrogen-bond donors (Lipinski definition) is 1. The number of rotatable bonds is 6. The maximum atomic E-state index is 13.7. The molecule has 0 saturated heterocycles. The lowest BCUT2D eigenvalue weighted by atomic mass is 10.1. The van der Waals surface area contributed by atoms with Crippen LogP contribution < -0.4 is 19.5 Å². The molecule has 1 N–H and O–H groups in total. The molecule has 26 heavy (non-hydrogen) atoms. The minimum Gasteiger partial charge on any atom is -0.493 e. The van der Waals surface area contributed by atoms with Crippen molar-refractivity contribution in [3.05, 3.63) is 53.4 Å². The molecule has 0 saturated carbocycles. The van der Waals surface area contributed by atoms with Gasteiger partial charge in [0.05, 0.1) is 27.0 Å². The van der Waals surface area contributed by atoms with Gasteiger partial charge in [-0.15, -0.1) is 0 Å². The summed E-state index contributed by atoms with van der Waals surface area (Å²) in [6.07, 6.45) is 1.33. The van der Waals surface area contributed by atoms with E-state index in [0.717, 1.165) is 0 Å².